The average Bonchev–Trinajstić information content (AvgIpc) is 2.82. The summed E-state index contributed by atoms with van der Waals surface area (Å²) < 4.78 is 0. The zero-order valence-electron chi connectivity index (χ0n) is 19.0. The number of benzene rings is 2. The van der Waals surface area contributed by atoms with Crippen LogP contribution in [0.1, 0.15) is 18.1 Å². The Kier molecular flexibility index (Phi) is 7.07. The van der Waals surface area contributed by atoms with E-state index in [4.69, 9.17) is 5.84 Å². The summed E-state index contributed by atoms with van der Waals surface area (Å²) in [5.74, 6) is 5.51. The van der Waals surface area contributed by atoms with E-state index in [2.05, 4.69) is 42.7 Å². The number of piperazine rings is 1. The number of hydrogen-bond acceptors (Lipinski definition) is 7. The molecule has 2 aromatic carbocycles. The number of aryl methyl sites for hydroxylation is 1. The molecule has 170 valence electrons. The molecule has 1 aliphatic rings. The van der Waals surface area contributed by atoms with Crippen LogP contribution in [0.5, 0.6) is 0 Å². The summed E-state index contributed by atoms with van der Waals surface area (Å²) >= 11 is 0. The number of nitrogens with two attached hydrogens (primary N) is 1. The molecule has 0 atom stereocenters. The van der Waals surface area contributed by atoms with Crippen molar-refractivity contribution in [2.24, 2.45) is 15.9 Å². The van der Waals surface area contributed by atoms with Crippen LogP contribution in [-0.4, -0.2) is 53.4 Å². The summed E-state index contributed by atoms with van der Waals surface area (Å²) in [6.07, 6.45) is 0. The van der Waals surface area contributed by atoms with Gasteiger partial charge in [-0.1, -0.05) is 24.3 Å². The largest absolute Gasteiger partial charge is 0.322 e. The minimum atomic E-state index is -0.450. The van der Waals surface area contributed by atoms with Gasteiger partial charge in [0.05, 0.1) is 16.9 Å². The van der Waals surface area contributed by atoms with Gasteiger partial charge in [0.1, 0.15) is 5.82 Å². The van der Waals surface area contributed by atoms with Gasteiger partial charge in [-0.05, 0) is 55.3 Å². The molecule has 0 saturated carbocycles. The number of hydrogen-bond donors (Lipinski definition) is 3. The molecule has 0 spiro atoms. The highest BCUT2D eigenvalue weighted by molar-refractivity contribution is 6.68. The maximum Gasteiger partial charge on any atom is 0.279 e. The number of aliphatic imine (C=N–C) groups is 1. The Morgan fingerprint density at radius 2 is 1.94 bits per heavy atom. The number of hydrazone groups is 1. The summed E-state index contributed by atoms with van der Waals surface area (Å²) in [6, 6.07) is 17.7. The number of aromatic nitrogens is 1. The summed E-state index contributed by atoms with van der Waals surface area (Å²) in [6.45, 7) is 8.76. The van der Waals surface area contributed by atoms with E-state index in [1.165, 1.54) is 5.56 Å². The predicted molar refractivity (Wildman–Crippen MR) is 134 cm³/mol. The second-order valence-corrected chi connectivity index (χ2v) is 8.17. The number of carbonyl (C=O) groups is 1. The molecule has 4 rings (SSSR count). The number of nitrogens with zero attached hydrogens (tertiary/aromatic N) is 4. The molecule has 1 saturated heterocycles. The number of carbonyl (C=O) groups excluding carboxylic acids is 1. The fourth-order valence-electron chi connectivity index (χ4n) is 3.88. The number of para-hydroxylation sites is 1. The van der Waals surface area contributed by atoms with Crippen LogP contribution in [0.4, 0.5) is 11.5 Å². The first-order chi connectivity index (χ1) is 16.0. The first-order valence-corrected chi connectivity index (χ1v) is 11.1. The molecule has 2 heterocycles. The minimum Gasteiger partial charge on any atom is -0.322 e. The molecule has 8 nitrogen and oxygen atoms in total. The van der Waals surface area contributed by atoms with E-state index in [-0.39, 0.29) is 5.71 Å². The Labute approximate surface area is 193 Å². The maximum atomic E-state index is 12.8. The minimum absolute atomic E-state index is 0.0616. The van der Waals surface area contributed by atoms with E-state index in [1.807, 2.05) is 43.3 Å². The number of rotatable bonds is 6. The van der Waals surface area contributed by atoms with E-state index in [0.717, 1.165) is 54.9 Å². The lowest BCUT2D eigenvalue weighted by Gasteiger charge is -2.27. The van der Waals surface area contributed by atoms with Crippen molar-refractivity contribution in [3.63, 3.8) is 0 Å². The van der Waals surface area contributed by atoms with Crippen LogP contribution in [0.2, 0.25) is 0 Å². The molecule has 8 heteroatoms. The van der Waals surface area contributed by atoms with Crippen molar-refractivity contribution in [2.45, 2.75) is 20.4 Å². The van der Waals surface area contributed by atoms with Crippen molar-refractivity contribution < 1.29 is 4.79 Å². The predicted octanol–water partition coefficient (Wildman–Crippen LogP) is 2.99. The molecule has 3 aromatic rings. The molecule has 1 aromatic heterocycles. The third kappa shape index (κ3) is 5.60. The number of fused-ring (bicyclic) bond motifs is 1. The molecule has 0 bridgehead atoms. The SMILES string of the molecule is CC(=Nc1ccccc1C)/C(=N\N)C(=O)Nc1ccc2cc(CN3CCNCC3)ccc2n1. The zero-order valence-corrected chi connectivity index (χ0v) is 19.0. The first-order valence-electron chi connectivity index (χ1n) is 11.1. The molecule has 1 fully saturated rings. The molecular weight excluding hydrogens is 414 g/mol. The fourth-order valence-corrected chi connectivity index (χ4v) is 3.88. The number of pyridine rings is 1. The Balaban J connectivity index is 1.47. The van der Waals surface area contributed by atoms with Gasteiger partial charge in [-0.2, -0.15) is 5.10 Å². The Morgan fingerprint density at radius 1 is 1.15 bits per heavy atom. The molecular formula is C25H29N7O. The average molecular weight is 444 g/mol. The van der Waals surface area contributed by atoms with Crippen molar-refractivity contribution in [1.29, 1.82) is 0 Å². The van der Waals surface area contributed by atoms with Gasteiger partial charge in [-0.25, -0.2) is 4.98 Å². The van der Waals surface area contributed by atoms with Crippen LogP contribution in [0, 0.1) is 6.92 Å². The Hall–Kier alpha value is -3.62. The van der Waals surface area contributed by atoms with E-state index in [0.29, 0.717) is 11.5 Å². The van der Waals surface area contributed by atoms with Crippen LogP contribution in [0.15, 0.2) is 64.7 Å². The van der Waals surface area contributed by atoms with Crippen molar-refractivity contribution in [1.82, 2.24) is 15.2 Å². The molecule has 0 radical (unpaired) electrons. The van der Waals surface area contributed by atoms with E-state index >= 15 is 0 Å². The van der Waals surface area contributed by atoms with Gasteiger partial charge in [0.2, 0.25) is 0 Å². The van der Waals surface area contributed by atoms with Gasteiger partial charge >= 0.3 is 0 Å². The van der Waals surface area contributed by atoms with E-state index < -0.39 is 5.91 Å². The molecule has 0 unspecified atom stereocenters. The summed E-state index contributed by atoms with van der Waals surface area (Å²) in [5.41, 5.74) is 4.33. The maximum absolute atomic E-state index is 12.8. The van der Waals surface area contributed by atoms with Crippen LogP contribution in [-0.2, 0) is 11.3 Å². The molecule has 0 aliphatic carbocycles. The second kappa shape index (κ2) is 10.3. The lowest BCUT2D eigenvalue weighted by Crippen LogP contribution is -2.42. The van der Waals surface area contributed by atoms with Crippen molar-refractivity contribution >= 4 is 39.7 Å². The summed E-state index contributed by atoms with van der Waals surface area (Å²) in [5, 5.41) is 10.9. The van der Waals surface area contributed by atoms with E-state index in [1.54, 1.807) is 13.0 Å². The number of nitrogens with one attached hydrogen (secondary N) is 2. The second-order valence-electron chi connectivity index (χ2n) is 8.17. The highest BCUT2D eigenvalue weighted by Gasteiger charge is 2.17. The lowest BCUT2D eigenvalue weighted by molar-refractivity contribution is -0.110. The lowest BCUT2D eigenvalue weighted by atomic mass is 10.1. The number of anilines is 1. The van der Waals surface area contributed by atoms with Gasteiger partial charge in [0.15, 0.2) is 5.71 Å². The third-order valence-corrected chi connectivity index (χ3v) is 5.70. The number of amides is 1. The highest BCUT2D eigenvalue weighted by atomic mass is 16.2. The van der Waals surface area contributed by atoms with Crippen molar-refractivity contribution in [3.05, 3.63) is 65.7 Å². The van der Waals surface area contributed by atoms with E-state index in [9.17, 15) is 4.79 Å². The standard InChI is InChI=1S/C25H29N7O/c1-17-5-3-4-6-21(17)28-18(2)24(31-26)25(33)30-23-10-8-20-15-19(7-9-22(20)29-23)16-32-13-11-27-12-14-32/h3-10,15,27H,11-14,16,26H2,1-2H3,(H,29,30,33)/b28-18?,31-24+. The van der Waals surface area contributed by atoms with Crippen molar-refractivity contribution in [2.75, 3.05) is 31.5 Å². The van der Waals surface area contributed by atoms with Gasteiger partial charge < -0.3 is 16.5 Å². The first kappa shape index (κ1) is 22.6. The quantitative estimate of drug-likeness (QED) is 0.308. The van der Waals surface area contributed by atoms with Crippen LogP contribution in [0.25, 0.3) is 10.9 Å². The van der Waals surface area contributed by atoms with Gasteiger partial charge in [0, 0.05) is 38.1 Å². The van der Waals surface area contributed by atoms with Gasteiger partial charge in [0.25, 0.3) is 5.91 Å². The van der Waals surface area contributed by atoms with Crippen molar-refractivity contribution in [3.8, 4) is 0 Å². The molecule has 1 aliphatic heterocycles. The van der Waals surface area contributed by atoms with Crippen LogP contribution < -0.4 is 16.5 Å². The molecule has 1 amide bonds. The van der Waals surface area contributed by atoms with Crippen LogP contribution >= 0.6 is 0 Å². The topological polar surface area (TPSA) is 108 Å². The molecule has 4 N–H and O–H groups in total. The summed E-state index contributed by atoms with van der Waals surface area (Å²) in [4.78, 5) is 24.4. The Morgan fingerprint density at radius 3 is 2.70 bits per heavy atom. The summed E-state index contributed by atoms with van der Waals surface area (Å²) in [7, 11) is 0. The normalized spacial score (nSPS) is 15.6. The van der Waals surface area contributed by atoms with Gasteiger partial charge in [-0.3, -0.25) is 14.7 Å². The Bertz CT molecular complexity index is 1210. The van der Waals surface area contributed by atoms with Gasteiger partial charge in [-0.15, -0.1) is 0 Å². The smallest absolute Gasteiger partial charge is 0.279 e. The highest BCUT2D eigenvalue weighted by Crippen LogP contribution is 2.20. The fraction of sp³-hybridized carbons (Fsp3) is 0.280. The monoisotopic (exact) mass is 443 g/mol. The van der Waals surface area contributed by atoms with Crippen LogP contribution in [0.3, 0.4) is 0 Å². The third-order valence-electron chi connectivity index (χ3n) is 5.70. The zero-order chi connectivity index (χ0) is 23.2. The molecule has 33 heavy (non-hydrogen) atoms.